The minimum atomic E-state index is -0.483. The maximum atomic E-state index is 13.2. The number of carbonyl (C=O) groups is 1. The number of aromatic nitrogens is 2. The van der Waals surface area contributed by atoms with E-state index in [1.54, 1.807) is 0 Å². The van der Waals surface area contributed by atoms with Crippen LogP contribution in [0.5, 0.6) is 0 Å². The van der Waals surface area contributed by atoms with E-state index in [0.717, 1.165) is 44.6 Å². The highest BCUT2D eigenvalue weighted by Gasteiger charge is 2.24. The number of rotatable bonds is 7. The summed E-state index contributed by atoms with van der Waals surface area (Å²) in [6.45, 7) is 9.41. The molecule has 0 saturated carbocycles. The topological polar surface area (TPSA) is 50.2 Å². The van der Waals surface area contributed by atoms with E-state index in [2.05, 4.69) is 39.9 Å². The van der Waals surface area contributed by atoms with E-state index in [-0.39, 0.29) is 10.9 Å². The Kier molecular flexibility index (Phi) is 7.30. The lowest BCUT2D eigenvalue weighted by atomic mass is 9.91. The first-order chi connectivity index (χ1) is 13.8. The number of hydrogen-bond donors (Lipinski definition) is 1. The summed E-state index contributed by atoms with van der Waals surface area (Å²) in [5.74, 6) is 0.0335. The first-order valence-corrected chi connectivity index (χ1v) is 10.7. The highest BCUT2D eigenvalue weighted by Crippen LogP contribution is 2.24. The van der Waals surface area contributed by atoms with Crippen molar-refractivity contribution >= 4 is 23.2 Å². The zero-order valence-electron chi connectivity index (χ0n) is 17.4. The number of likely N-dealkylation sites (tertiary alicyclic amines) is 1. The molecule has 0 aliphatic carbocycles. The molecule has 1 aliphatic rings. The van der Waals surface area contributed by atoms with Gasteiger partial charge >= 0.3 is 0 Å². The van der Waals surface area contributed by atoms with Gasteiger partial charge in [-0.2, -0.15) is 5.10 Å². The molecule has 2 heterocycles. The van der Waals surface area contributed by atoms with E-state index < -0.39 is 5.82 Å². The molecule has 0 unspecified atom stereocenters. The van der Waals surface area contributed by atoms with Crippen LogP contribution >= 0.6 is 11.6 Å². The van der Waals surface area contributed by atoms with Crippen molar-refractivity contribution < 1.29 is 9.18 Å². The van der Waals surface area contributed by atoms with Crippen LogP contribution < -0.4 is 5.32 Å². The number of amides is 1. The molecule has 1 aliphatic heterocycles. The van der Waals surface area contributed by atoms with Gasteiger partial charge in [0.25, 0.3) is 0 Å². The lowest BCUT2D eigenvalue weighted by Crippen LogP contribution is -2.42. The van der Waals surface area contributed by atoms with Crippen LogP contribution in [0.25, 0.3) is 0 Å². The Morgan fingerprint density at radius 3 is 2.66 bits per heavy atom. The summed E-state index contributed by atoms with van der Waals surface area (Å²) in [5.41, 5.74) is 2.81. The normalized spacial score (nSPS) is 16.7. The Bertz CT molecular complexity index is 845. The molecule has 1 atom stereocenters. The van der Waals surface area contributed by atoms with E-state index >= 15 is 0 Å². The summed E-state index contributed by atoms with van der Waals surface area (Å²) in [7, 11) is 0. The highest BCUT2D eigenvalue weighted by atomic mass is 35.5. The molecule has 7 heteroatoms. The number of hydrogen-bond acceptors (Lipinski definition) is 3. The quantitative estimate of drug-likeness (QED) is 0.699. The number of piperidine rings is 1. The molecule has 0 radical (unpaired) electrons. The first-order valence-electron chi connectivity index (χ1n) is 10.3. The molecule has 158 valence electrons. The second kappa shape index (κ2) is 9.72. The predicted molar refractivity (Wildman–Crippen MR) is 115 cm³/mol. The Labute approximate surface area is 177 Å². The number of aryl methyl sites for hydroxylation is 2. The number of nitrogens with zero attached hydrogens (tertiary/aromatic N) is 3. The van der Waals surface area contributed by atoms with Crippen molar-refractivity contribution in [1.82, 2.24) is 14.7 Å². The minimum absolute atomic E-state index is 0.0183. The van der Waals surface area contributed by atoms with Gasteiger partial charge in [0.1, 0.15) is 5.82 Å². The van der Waals surface area contributed by atoms with Gasteiger partial charge in [-0.3, -0.25) is 14.4 Å². The monoisotopic (exact) mass is 420 g/mol. The van der Waals surface area contributed by atoms with E-state index in [9.17, 15) is 9.18 Å². The summed E-state index contributed by atoms with van der Waals surface area (Å²) in [6, 6.07) is 6.80. The second-order valence-corrected chi connectivity index (χ2v) is 8.56. The lowest BCUT2D eigenvalue weighted by Gasteiger charge is -2.36. The van der Waals surface area contributed by atoms with Crippen LogP contribution in [0.4, 0.5) is 10.1 Å². The fourth-order valence-corrected chi connectivity index (χ4v) is 4.22. The number of nitrogens with one attached hydrogen (secondary N) is 1. The molecule has 1 amide bonds. The maximum absolute atomic E-state index is 13.2. The molecule has 29 heavy (non-hydrogen) atoms. The molecule has 1 saturated heterocycles. The highest BCUT2D eigenvalue weighted by molar-refractivity contribution is 6.31. The van der Waals surface area contributed by atoms with Crippen LogP contribution in [0, 0.1) is 25.6 Å². The fourth-order valence-electron chi connectivity index (χ4n) is 4.04. The van der Waals surface area contributed by atoms with Gasteiger partial charge in [-0.1, -0.05) is 11.6 Å². The van der Waals surface area contributed by atoms with Crippen LogP contribution in [0.15, 0.2) is 24.3 Å². The number of halogens is 2. The van der Waals surface area contributed by atoms with Crippen molar-refractivity contribution in [1.29, 1.82) is 0 Å². The molecule has 1 N–H and O–H groups in total. The average molecular weight is 421 g/mol. The lowest BCUT2D eigenvalue weighted by molar-refractivity contribution is -0.116. The molecule has 2 aromatic rings. The predicted octanol–water partition coefficient (Wildman–Crippen LogP) is 4.81. The van der Waals surface area contributed by atoms with E-state index in [0.29, 0.717) is 24.1 Å². The van der Waals surface area contributed by atoms with Crippen molar-refractivity contribution in [3.8, 4) is 0 Å². The number of benzene rings is 1. The maximum Gasteiger partial charge on any atom is 0.224 e. The van der Waals surface area contributed by atoms with Gasteiger partial charge in [0.2, 0.25) is 5.91 Å². The third-order valence-corrected chi connectivity index (χ3v) is 6.09. The summed E-state index contributed by atoms with van der Waals surface area (Å²) >= 11 is 5.76. The summed E-state index contributed by atoms with van der Waals surface area (Å²) in [5, 5.41) is 7.39. The molecule has 1 aromatic heterocycles. The van der Waals surface area contributed by atoms with Crippen LogP contribution in [0.2, 0.25) is 5.02 Å². The molecule has 1 fully saturated rings. The zero-order chi connectivity index (χ0) is 21.0. The fraction of sp³-hybridized carbons (Fsp3) is 0.545. The Hall–Kier alpha value is -1.92. The zero-order valence-corrected chi connectivity index (χ0v) is 18.2. The smallest absolute Gasteiger partial charge is 0.224 e. The molecule has 5 nitrogen and oxygen atoms in total. The Balaban J connectivity index is 1.39. The largest absolute Gasteiger partial charge is 0.326 e. The second-order valence-electron chi connectivity index (χ2n) is 8.15. The van der Waals surface area contributed by atoms with Crippen LogP contribution in [0.3, 0.4) is 0 Å². The van der Waals surface area contributed by atoms with Gasteiger partial charge in [0.05, 0.1) is 17.3 Å². The standard InChI is InChI=1S/C22H30ClFN4O/c1-15-12-16(2)28(26-15)14-17(3)27-10-8-18(9-11-27)4-7-22(29)25-19-5-6-21(24)20(23)13-19/h5-6,12-13,17-18H,4,7-11,14H2,1-3H3,(H,25,29)/t17-/m1/s1. The Morgan fingerprint density at radius 2 is 2.03 bits per heavy atom. The van der Waals surface area contributed by atoms with Crippen molar-refractivity contribution in [2.45, 2.75) is 59.0 Å². The number of carbonyl (C=O) groups excluding carboxylic acids is 1. The molecule has 0 bridgehead atoms. The molecule has 1 aromatic carbocycles. The van der Waals surface area contributed by atoms with Gasteiger partial charge in [-0.15, -0.1) is 0 Å². The summed E-state index contributed by atoms with van der Waals surface area (Å²) in [4.78, 5) is 14.7. The van der Waals surface area contributed by atoms with Gasteiger partial charge in [0.15, 0.2) is 0 Å². The van der Waals surface area contributed by atoms with E-state index in [1.165, 1.54) is 23.9 Å². The first kappa shape index (κ1) is 21.8. The summed E-state index contributed by atoms with van der Waals surface area (Å²) in [6.07, 6.45) is 3.57. The third-order valence-electron chi connectivity index (χ3n) is 5.80. The molecular weight excluding hydrogens is 391 g/mol. The Morgan fingerprint density at radius 1 is 1.31 bits per heavy atom. The molecule has 0 spiro atoms. The van der Waals surface area contributed by atoms with Gasteiger partial charge in [-0.05, 0) is 83.3 Å². The van der Waals surface area contributed by atoms with E-state index in [1.807, 2.05) is 6.92 Å². The molecular formula is C22H30ClFN4O. The van der Waals surface area contributed by atoms with Crippen molar-refractivity contribution in [3.63, 3.8) is 0 Å². The van der Waals surface area contributed by atoms with Gasteiger partial charge in [0, 0.05) is 23.8 Å². The van der Waals surface area contributed by atoms with Gasteiger partial charge in [-0.25, -0.2) is 4.39 Å². The van der Waals surface area contributed by atoms with Crippen molar-refractivity contribution in [2.75, 3.05) is 18.4 Å². The van der Waals surface area contributed by atoms with Crippen LogP contribution in [-0.4, -0.2) is 39.7 Å². The van der Waals surface area contributed by atoms with Gasteiger partial charge < -0.3 is 5.32 Å². The van der Waals surface area contributed by atoms with Crippen molar-refractivity contribution in [3.05, 3.63) is 46.5 Å². The third kappa shape index (κ3) is 6.03. The van der Waals surface area contributed by atoms with Crippen molar-refractivity contribution in [2.24, 2.45) is 5.92 Å². The van der Waals surface area contributed by atoms with E-state index in [4.69, 9.17) is 11.6 Å². The summed E-state index contributed by atoms with van der Waals surface area (Å²) < 4.78 is 15.3. The average Bonchev–Trinajstić information content (AvgIpc) is 3.00. The number of anilines is 1. The molecule has 3 rings (SSSR count). The SMILES string of the molecule is Cc1cc(C)n(C[C@@H](C)N2CCC(CCC(=O)Nc3ccc(F)c(Cl)c3)CC2)n1. The van der Waals surface area contributed by atoms with Crippen LogP contribution in [-0.2, 0) is 11.3 Å². The minimum Gasteiger partial charge on any atom is -0.326 e. The van der Waals surface area contributed by atoms with Crippen LogP contribution in [0.1, 0.15) is 44.0 Å².